The molecule has 1 aromatic carbocycles. The van der Waals surface area contributed by atoms with Crippen molar-refractivity contribution in [3.63, 3.8) is 0 Å². The summed E-state index contributed by atoms with van der Waals surface area (Å²) in [6.45, 7) is 0.878. The van der Waals surface area contributed by atoms with Gasteiger partial charge in [-0.1, -0.05) is 6.07 Å². The van der Waals surface area contributed by atoms with Crippen LogP contribution in [-0.4, -0.2) is 25.6 Å². The Morgan fingerprint density at radius 1 is 1.50 bits per heavy atom. The lowest BCUT2D eigenvalue weighted by molar-refractivity contribution is -0.121. The van der Waals surface area contributed by atoms with Crippen LogP contribution in [0.15, 0.2) is 18.2 Å². The zero-order chi connectivity index (χ0) is 11.5. The summed E-state index contributed by atoms with van der Waals surface area (Å²) < 4.78 is 18.5. The molecule has 0 spiro atoms. The molecule has 0 unspecified atom stereocenters. The molecule has 4 nitrogen and oxygen atoms in total. The van der Waals surface area contributed by atoms with Gasteiger partial charge in [0.25, 0.3) is 5.91 Å². The lowest BCUT2D eigenvalue weighted by Crippen LogP contribution is -2.40. The van der Waals surface area contributed by atoms with Gasteiger partial charge in [0, 0.05) is 6.54 Å². The maximum atomic E-state index is 13.4. The van der Waals surface area contributed by atoms with Gasteiger partial charge in [0.2, 0.25) is 0 Å². The maximum Gasteiger partial charge on any atom is 0.265 e. The highest BCUT2D eigenvalue weighted by molar-refractivity contribution is 5.97. The molecule has 2 rings (SSSR count). The second kappa shape index (κ2) is 4.49. The van der Waals surface area contributed by atoms with Crippen molar-refractivity contribution in [1.82, 2.24) is 0 Å². The normalized spacial score (nSPS) is 14.6. The Kier molecular flexibility index (Phi) is 3.05. The van der Waals surface area contributed by atoms with E-state index in [2.05, 4.69) is 0 Å². The summed E-state index contributed by atoms with van der Waals surface area (Å²) in [6, 6.07) is 4.55. The summed E-state index contributed by atoms with van der Waals surface area (Å²) in [6.07, 6.45) is 0.682. The van der Waals surface area contributed by atoms with Gasteiger partial charge in [0.05, 0.1) is 5.69 Å². The molecule has 16 heavy (non-hydrogen) atoms. The van der Waals surface area contributed by atoms with E-state index in [-0.39, 0.29) is 18.3 Å². The number of ether oxygens (including phenoxy) is 1. The van der Waals surface area contributed by atoms with E-state index < -0.39 is 5.82 Å². The maximum absolute atomic E-state index is 13.4. The van der Waals surface area contributed by atoms with E-state index in [0.717, 1.165) is 0 Å². The molecular formula is C11H13FN2O2. The van der Waals surface area contributed by atoms with Crippen molar-refractivity contribution < 1.29 is 13.9 Å². The highest BCUT2D eigenvalue weighted by Crippen LogP contribution is 2.34. The van der Waals surface area contributed by atoms with Crippen LogP contribution in [0.1, 0.15) is 6.42 Å². The van der Waals surface area contributed by atoms with Gasteiger partial charge < -0.3 is 15.4 Å². The van der Waals surface area contributed by atoms with Crippen LogP contribution in [0.3, 0.4) is 0 Å². The van der Waals surface area contributed by atoms with E-state index in [1.807, 2.05) is 0 Å². The smallest absolute Gasteiger partial charge is 0.265 e. The molecule has 0 fully saturated rings. The third-order valence-corrected chi connectivity index (χ3v) is 2.46. The Balaban J connectivity index is 2.32. The highest BCUT2D eigenvalue weighted by Gasteiger charge is 2.26. The molecule has 0 radical (unpaired) electrons. The first kappa shape index (κ1) is 10.9. The van der Waals surface area contributed by atoms with Gasteiger partial charge in [0.15, 0.2) is 18.2 Å². The van der Waals surface area contributed by atoms with Gasteiger partial charge in [-0.2, -0.15) is 0 Å². The highest BCUT2D eigenvalue weighted by atomic mass is 19.1. The second-order valence-corrected chi connectivity index (χ2v) is 3.56. The van der Waals surface area contributed by atoms with Crippen LogP contribution in [0.25, 0.3) is 0 Å². The van der Waals surface area contributed by atoms with Gasteiger partial charge in [-0.05, 0) is 25.1 Å². The Labute approximate surface area is 92.8 Å². The summed E-state index contributed by atoms with van der Waals surface area (Å²) in [5, 5.41) is 0. The number of para-hydroxylation sites is 1. The first-order valence-corrected chi connectivity index (χ1v) is 5.16. The van der Waals surface area contributed by atoms with Gasteiger partial charge in [-0.15, -0.1) is 0 Å². The predicted octanol–water partition coefficient (Wildman–Crippen LogP) is 0.900. The van der Waals surface area contributed by atoms with Gasteiger partial charge in [0.1, 0.15) is 0 Å². The Hall–Kier alpha value is -1.62. The molecule has 1 aromatic rings. The summed E-state index contributed by atoms with van der Waals surface area (Å²) in [5.41, 5.74) is 5.89. The summed E-state index contributed by atoms with van der Waals surface area (Å²) in [7, 11) is 0. The molecule has 0 aliphatic carbocycles. The van der Waals surface area contributed by atoms with E-state index in [0.29, 0.717) is 25.2 Å². The van der Waals surface area contributed by atoms with E-state index in [4.69, 9.17) is 10.5 Å². The van der Waals surface area contributed by atoms with E-state index in [1.54, 1.807) is 12.1 Å². The average molecular weight is 224 g/mol. The minimum atomic E-state index is -0.442. The Morgan fingerprint density at radius 2 is 2.31 bits per heavy atom. The fraction of sp³-hybridized carbons (Fsp3) is 0.364. The van der Waals surface area contributed by atoms with Gasteiger partial charge in [-0.3, -0.25) is 4.79 Å². The van der Waals surface area contributed by atoms with Crippen molar-refractivity contribution >= 4 is 11.6 Å². The quantitative estimate of drug-likeness (QED) is 0.829. The lowest BCUT2D eigenvalue weighted by Gasteiger charge is -2.29. The number of carbonyl (C=O) groups is 1. The molecule has 5 heteroatoms. The molecule has 1 aliphatic rings. The van der Waals surface area contributed by atoms with Crippen molar-refractivity contribution in [2.24, 2.45) is 5.73 Å². The zero-order valence-corrected chi connectivity index (χ0v) is 8.78. The predicted molar refractivity (Wildman–Crippen MR) is 57.9 cm³/mol. The minimum Gasteiger partial charge on any atom is -0.478 e. The van der Waals surface area contributed by atoms with Crippen molar-refractivity contribution in [2.45, 2.75) is 6.42 Å². The molecule has 0 bridgehead atoms. The van der Waals surface area contributed by atoms with Crippen LogP contribution < -0.4 is 15.4 Å². The second-order valence-electron chi connectivity index (χ2n) is 3.56. The molecular weight excluding hydrogens is 211 g/mol. The van der Waals surface area contributed by atoms with Gasteiger partial charge in [-0.25, -0.2) is 4.39 Å². The Morgan fingerprint density at radius 3 is 3.06 bits per heavy atom. The van der Waals surface area contributed by atoms with Crippen molar-refractivity contribution in [3.8, 4) is 5.75 Å². The molecule has 0 saturated carbocycles. The van der Waals surface area contributed by atoms with Crippen LogP contribution >= 0.6 is 0 Å². The molecule has 86 valence electrons. The van der Waals surface area contributed by atoms with Crippen molar-refractivity contribution in [1.29, 1.82) is 0 Å². The molecule has 2 N–H and O–H groups in total. The number of anilines is 1. The number of benzene rings is 1. The SMILES string of the molecule is NCCCN1C(=O)COc2c(F)cccc21. The summed E-state index contributed by atoms with van der Waals surface area (Å²) in [4.78, 5) is 13.1. The van der Waals surface area contributed by atoms with E-state index >= 15 is 0 Å². The first-order chi connectivity index (χ1) is 7.74. The number of rotatable bonds is 3. The molecule has 0 saturated heterocycles. The monoisotopic (exact) mass is 224 g/mol. The number of carbonyl (C=O) groups excluding carboxylic acids is 1. The number of nitrogens with two attached hydrogens (primary N) is 1. The minimum absolute atomic E-state index is 0.113. The zero-order valence-electron chi connectivity index (χ0n) is 8.78. The third kappa shape index (κ3) is 1.86. The molecule has 1 amide bonds. The fourth-order valence-electron chi connectivity index (χ4n) is 1.69. The van der Waals surface area contributed by atoms with Crippen LogP contribution in [-0.2, 0) is 4.79 Å². The van der Waals surface area contributed by atoms with Crippen LogP contribution in [0.2, 0.25) is 0 Å². The number of halogens is 1. The van der Waals surface area contributed by atoms with Gasteiger partial charge >= 0.3 is 0 Å². The average Bonchev–Trinajstić information content (AvgIpc) is 2.28. The number of hydrogen-bond donors (Lipinski definition) is 1. The summed E-state index contributed by atoms with van der Waals surface area (Å²) >= 11 is 0. The number of fused-ring (bicyclic) bond motifs is 1. The van der Waals surface area contributed by atoms with Crippen LogP contribution in [0.4, 0.5) is 10.1 Å². The van der Waals surface area contributed by atoms with Crippen LogP contribution in [0.5, 0.6) is 5.75 Å². The third-order valence-electron chi connectivity index (χ3n) is 2.46. The number of amides is 1. The first-order valence-electron chi connectivity index (χ1n) is 5.16. The molecule has 0 aromatic heterocycles. The van der Waals surface area contributed by atoms with E-state index in [9.17, 15) is 9.18 Å². The number of hydrogen-bond acceptors (Lipinski definition) is 3. The number of nitrogens with zero attached hydrogens (tertiary/aromatic N) is 1. The summed E-state index contributed by atoms with van der Waals surface area (Å²) in [5.74, 6) is -0.451. The molecule has 1 heterocycles. The molecule has 1 aliphatic heterocycles. The standard InChI is InChI=1S/C11H13FN2O2/c12-8-3-1-4-9-11(8)16-7-10(15)14(9)6-2-5-13/h1,3-4H,2,5-7,13H2. The van der Waals surface area contributed by atoms with Crippen LogP contribution in [0, 0.1) is 5.82 Å². The molecule has 0 atom stereocenters. The topological polar surface area (TPSA) is 55.6 Å². The Bertz CT molecular complexity index is 409. The van der Waals surface area contributed by atoms with E-state index in [1.165, 1.54) is 11.0 Å². The fourth-order valence-corrected chi connectivity index (χ4v) is 1.69. The lowest BCUT2D eigenvalue weighted by atomic mass is 10.2. The van der Waals surface area contributed by atoms with Crippen molar-refractivity contribution in [2.75, 3.05) is 24.6 Å². The van der Waals surface area contributed by atoms with Crippen molar-refractivity contribution in [3.05, 3.63) is 24.0 Å². The largest absolute Gasteiger partial charge is 0.478 e.